The van der Waals surface area contributed by atoms with Crippen LogP contribution in [0.25, 0.3) is 0 Å². The van der Waals surface area contributed by atoms with Gasteiger partial charge in [0.15, 0.2) is 0 Å². The van der Waals surface area contributed by atoms with E-state index in [9.17, 15) is 19.1 Å². The number of carbonyl (C=O) groups is 1. The predicted molar refractivity (Wildman–Crippen MR) is 96.6 cm³/mol. The summed E-state index contributed by atoms with van der Waals surface area (Å²) < 4.78 is 14.0. The second kappa shape index (κ2) is 7.83. The van der Waals surface area contributed by atoms with Crippen LogP contribution in [0.2, 0.25) is 0 Å². The number of amides is 1. The maximum absolute atomic E-state index is 14.0. The number of aliphatic hydroxyl groups is 1. The molecule has 138 valence electrons. The molecule has 1 heterocycles. The zero-order valence-electron chi connectivity index (χ0n) is 14.7. The van der Waals surface area contributed by atoms with Gasteiger partial charge in [0.05, 0.1) is 6.04 Å². The van der Waals surface area contributed by atoms with Gasteiger partial charge >= 0.3 is 0 Å². The molecule has 1 aromatic heterocycles. The number of nitrogens with one attached hydrogen (secondary N) is 2. The first-order chi connectivity index (χ1) is 12.5. The van der Waals surface area contributed by atoms with Crippen LogP contribution in [0, 0.1) is 5.82 Å². The van der Waals surface area contributed by atoms with Crippen LogP contribution in [0.5, 0.6) is 0 Å². The average molecular weight is 358 g/mol. The first-order valence-electron chi connectivity index (χ1n) is 8.99. The van der Waals surface area contributed by atoms with Gasteiger partial charge in [0.25, 0.3) is 5.91 Å². The van der Waals surface area contributed by atoms with Gasteiger partial charge in [-0.3, -0.25) is 9.59 Å². The zero-order valence-corrected chi connectivity index (χ0v) is 14.7. The molecule has 0 aliphatic heterocycles. The Morgan fingerprint density at radius 1 is 1.31 bits per heavy atom. The van der Waals surface area contributed by atoms with Crippen LogP contribution < -0.4 is 10.9 Å². The molecule has 0 fully saturated rings. The molecule has 26 heavy (non-hydrogen) atoms. The van der Waals surface area contributed by atoms with Crippen molar-refractivity contribution in [2.24, 2.45) is 0 Å². The fourth-order valence-electron chi connectivity index (χ4n) is 3.53. The van der Waals surface area contributed by atoms with Gasteiger partial charge in [0, 0.05) is 22.9 Å². The smallest absolute Gasteiger partial charge is 0.252 e. The highest BCUT2D eigenvalue weighted by atomic mass is 19.1. The maximum atomic E-state index is 14.0. The molecule has 0 radical (unpaired) electrons. The number of hydrogen-bond acceptors (Lipinski definition) is 3. The van der Waals surface area contributed by atoms with Crippen molar-refractivity contribution in [3.63, 3.8) is 0 Å². The molecule has 1 aliphatic rings. The van der Waals surface area contributed by atoms with E-state index in [-0.39, 0.29) is 11.1 Å². The number of aromatic nitrogens is 1. The molecular weight excluding hydrogens is 335 g/mol. The monoisotopic (exact) mass is 358 g/mol. The van der Waals surface area contributed by atoms with Crippen molar-refractivity contribution in [2.45, 2.75) is 51.2 Å². The van der Waals surface area contributed by atoms with Gasteiger partial charge in [-0.2, -0.15) is 0 Å². The van der Waals surface area contributed by atoms with Gasteiger partial charge in [-0.1, -0.05) is 25.1 Å². The molecule has 0 spiro atoms. The summed E-state index contributed by atoms with van der Waals surface area (Å²) >= 11 is 0. The summed E-state index contributed by atoms with van der Waals surface area (Å²) in [5.41, 5.74) is 1.87. The molecular formula is C20H23FN2O3. The van der Waals surface area contributed by atoms with E-state index in [4.69, 9.17) is 0 Å². The second-order valence-corrected chi connectivity index (χ2v) is 6.67. The Kier molecular flexibility index (Phi) is 5.52. The van der Waals surface area contributed by atoms with Gasteiger partial charge in [0.2, 0.25) is 5.56 Å². The summed E-state index contributed by atoms with van der Waals surface area (Å²) in [6.45, 7) is 1.81. The van der Waals surface area contributed by atoms with Crippen molar-refractivity contribution in [1.29, 1.82) is 0 Å². The molecule has 0 saturated carbocycles. The lowest BCUT2D eigenvalue weighted by Gasteiger charge is -2.25. The molecule has 2 atom stereocenters. The van der Waals surface area contributed by atoms with E-state index in [0.29, 0.717) is 12.0 Å². The standard InChI is InChI=1S/C20H23FN2O3/c1-2-16(19(25)13-8-3-5-9-15(13)21)23-20(26)14-11-18(24)22-17-10-6-4-7-12(14)17/h3,5,8-9,11,16,19,25H,2,4,6-7,10H2,1H3,(H,22,24)(H,23,26). The maximum Gasteiger partial charge on any atom is 0.252 e. The zero-order chi connectivity index (χ0) is 18.7. The Balaban J connectivity index is 1.85. The minimum Gasteiger partial charge on any atom is -0.386 e. The second-order valence-electron chi connectivity index (χ2n) is 6.67. The summed E-state index contributed by atoms with van der Waals surface area (Å²) in [5.74, 6) is -0.919. The first-order valence-corrected chi connectivity index (χ1v) is 8.99. The van der Waals surface area contributed by atoms with Crippen molar-refractivity contribution in [1.82, 2.24) is 10.3 Å². The summed E-state index contributed by atoms with van der Waals surface area (Å²) in [7, 11) is 0. The topological polar surface area (TPSA) is 82.2 Å². The minimum absolute atomic E-state index is 0.146. The van der Waals surface area contributed by atoms with E-state index >= 15 is 0 Å². The van der Waals surface area contributed by atoms with Crippen molar-refractivity contribution >= 4 is 5.91 Å². The third-order valence-electron chi connectivity index (χ3n) is 4.95. The van der Waals surface area contributed by atoms with Crippen molar-refractivity contribution in [3.8, 4) is 0 Å². The van der Waals surface area contributed by atoms with Crippen LogP contribution in [0.4, 0.5) is 4.39 Å². The van der Waals surface area contributed by atoms with Crippen LogP contribution in [0.1, 0.15) is 59.5 Å². The molecule has 5 nitrogen and oxygen atoms in total. The van der Waals surface area contributed by atoms with E-state index in [0.717, 1.165) is 36.9 Å². The third-order valence-corrected chi connectivity index (χ3v) is 4.95. The number of fused-ring (bicyclic) bond motifs is 1. The molecule has 1 aliphatic carbocycles. The number of rotatable bonds is 5. The summed E-state index contributed by atoms with van der Waals surface area (Å²) in [5, 5.41) is 13.3. The summed E-state index contributed by atoms with van der Waals surface area (Å²) in [6.07, 6.45) is 2.70. The minimum atomic E-state index is -1.16. The van der Waals surface area contributed by atoms with Crippen LogP contribution in [-0.2, 0) is 12.8 Å². The SMILES string of the molecule is CCC(NC(=O)c1cc(=O)[nH]c2c1CCCC2)C(O)c1ccccc1F. The predicted octanol–water partition coefficient (Wildman–Crippen LogP) is 2.63. The van der Waals surface area contributed by atoms with Gasteiger partial charge in [-0.15, -0.1) is 0 Å². The van der Waals surface area contributed by atoms with Crippen LogP contribution >= 0.6 is 0 Å². The summed E-state index contributed by atoms with van der Waals surface area (Å²) in [4.78, 5) is 27.5. The van der Waals surface area contributed by atoms with Crippen LogP contribution in [0.15, 0.2) is 35.1 Å². The molecule has 6 heteroatoms. The third kappa shape index (κ3) is 3.70. The molecule has 0 saturated heterocycles. The molecule has 1 amide bonds. The largest absolute Gasteiger partial charge is 0.386 e. The van der Waals surface area contributed by atoms with Crippen molar-refractivity contribution in [2.75, 3.05) is 0 Å². The van der Waals surface area contributed by atoms with Crippen LogP contribution in [0.3, 0.4) is 0 Å². The Labute approximate surface area is 151 Å². The van der Waals surface area contributed by atoms with Gasteiger partial charge < -0.3 is 15.4 Å². The fraction of sp³-hybridized carbons (Fsp3) is 0.400. The number of pyridine rings is 1. The lowest BCUT2D eigenvalue weighted by atomic mass is 9.91. The van der Waals surface area contributed by atoms with E-state index < -0.39 is 23.9 Å². The first kappa shape index (κ1) is 18.3. The van der Waals surface area contributed by atoms with Crippen molar-refractivity contribution < 1.29 is 14.3 Å². The highest BCUT2D eigenvalue weighted by Crippen LogP contribution is 2.24. The summed E-state index contributed by atoms with van der Waals surface area (Å²) in [6, 6.07) is 6.63. The van der Waals surface area contributed by atoms with Gasteiger partial charge in [-0.25, -0.2) is 4.39 Å². The van der Waals surface area contributed by atoms with Crippen LogP contribution in [-0.4, -0.2) is 22.0 Å². The fourth-order valence-corrected chi connectivity index (χ4v) is 3.53. The highest BCUT2D eigenvalue weighted by Gasteiger charge is 2.26. The highest BCUT2D eigenvalue weighted by molar-refractivity contribution is 5.96. The van der Waals surface area contributed by atoms with Gasteiger partial charge in [-0.05, 0) is 43.7 Å². The Bertz CT molecular complexity index is 862. The quantitative estimate of drug-likeness (QED) is 0.768. The number of halogens is 1. The average Bonchev–Trinajstić information content (AvgIpc) is 2.65. The Morgan fingerprint density at radius 3 is 2.77 bits per heavy atom. The number of carbonyl (C=O) groups excluding carboxylic acids is 1. The van der Waals surface area contributed by atoms with E-state index in [1.54, 1.807) is 12.1 Å². The van der Waals surface area contributed by atoms with E-state index in [2.05, 4.69) is 10.3 Å². The number of aliphatic hydroxyl groups excluding tert-OH is 1. The molecule has 2 aromatic rings. The number of aromatic amines is 1. The van der Waals surface area contributed by atoms with Gasteiger partial charge in [0.1, 0.15) is 11.9 Å². The number of hydrogen-bond donors (Lipinski definition) is 3. The van der Waals surface area contributed by atoms with Crippen molar-refractivity contribution in [3.05, 3.63) is 68.9 Å². The lowest BCUT2D eigenvalue weighted by Crippen LogP contribution is -2.40. The molecule has 2 unspecified atom stereocenters. The lowest BCUT2D eigenvalue weighted by molar-refractivity contribution is 0.0818. The Hall–Kier alpha value is -2.47. The Morgan fingerprint density at radius 2 is 2.04 bits per heavy atom. The number of H-pyrrole nitrogens is 1. The number of benzene rings is 1. The van der Waals surface area contributed by atoms with E-state index in [1.165, 1.54) is 18.2 Å². The normalized spacial score (nSPS) is 15.8. The molecule has 1 aromatic carbocycles. The number of aryl methyl sites for hydroxylation is 1. The molecule has 3 rings (SSSR count). The molecule has 3 N–H and O–H groups in total. The van der Waals surface area contributed by atoms with E-state index in [1.807, 2.05) is 6.92 Å². The molecule has 0 bridgehead atoms.